The quantitative estimate of drug-likeness (QED) is 0.0337. The number of likely N-dealkylation sites (N-methyl/N-ethyl adjacent to an activating group) is 1. The number of benzene rings is 3. The summed E-state index contributed by atoms with van der Waals surface area (Å²) in [5, 5.41) is 53.5. The van der Waals surface area contributed by atoms with Crippen molar-refractivity contribution in [1.82, 2.24) is 29.6 Å². The molecule has 0 radical (unpaired) electrons. The Morgan fingerprint density at radius 1 is 0.712 bits per heavy atom. The molecule has 1 aromatic heterocycles. The van der Waals surface area contributed by atoms with Crippen molar-refractivity contribution >= 4 is 58.1 Å². The molecule has 1 aliphatic rings. The van der Waals surface area contributed by atoms with Gasteiger partial charge in [-0.3, -0.25) is 38.8 Å². The van der Waals surface area contributed by atoms with Crippen LogP contribution in [0.3, 0.4) is 0 Å². The van der Waals surface area contributed by atoms with Gasteiger partial charge in [0, 0.05) is 101 Å². The molecule has 5 rings (SSSR count). The molecule has 19 heteroatoms. The third-order valence-corrected chi connectivity index (χ3v) is 10.4. The Hall–Kier alpha value is -3.46. The summed E-state index contributed by atoms with van der Waals surface area (Å²) in [5.41, 5.74) is 3.41. The summed E-state index contributed by atoms with van der Waals surface area (Å²) < 4.78 is 2.01. The van der Waals surface area contributed by atoms with Crippen LogP contribution >= 0.6 is 0 Å². The van der Waals surface area contributed by atoms with Gasteiger partial charge in [0.05, 0.1) is 38.1 Å². The molecule has 3 aromatic carbocycles. The van der Waals surface area contributed by atoms with E-state index in [9.17, 15) is 44.5 Å². The number of nitrogens with zero attached hydrogens (tertiary/aromatic N) is 7. The molecule has 0 atom stereocenters. The number of hydrogen-bond donors (Lipinski definition) is 5. The van der Waals surface area contributed by atoms with Crippen molar-refractivity contribution in [2.45, 2.75) is 13.1 Å². The molecule has 1 fully saturated rings. The van der Waals surface area contributed by atoms with Crippen molar-refractivity contribution in [3.8, 4) is 5.69 Å². The van der Waals surface area contributed by atoms with Crippen LogP contribution in [0.4, 0.5) is 0 Å². The van der Waals surface area contributed by atoms with E-state index >= 15 is 0 Å². The molecular formula is C40H52BEuN7O10+3. The molecule has 2 heterocycles. The molecule has 0 aliphatic carbocycles. The second-order valence-electron chi connectivity index (χ2n) is 14.6. The number of carbonyl (C=O) groups excluding carboxylic acids is 1. The van der Waals surface area contributed by atoms with Crippen LogP contribution in [0.2, 0.25) is 0 Å². The Kier molecular flexibility index (Phi) is 18.8. The first kappa shape index (κ1) is 48.2. The molecule has 0 unspecified atom stereocenters. The Balaban J connectivity index is 0.00000769. The van der Waals surface area contributed by atoms with Crippen molar-refractivity contribution in [3.63, 3.8) is 0 Å². The third-order valence-electron chi connectivity index (χ3n) is 10.4. The number of aliphatic carboxylic acids is 3. The number of carbonyl (C=O) groups is 4. The van der Waals surface area contributed by atoms with Gasteiger partial charge in [-0.15, -0.1) is 0 Å². The van der Waals surface area contributed by atoms with E-state index in [0.717, 1.165) is 32.9 Å². The number of hydroxylamine groups is 2. The number of aromatic nitrogens is 1. The molecular weight excluding hydrogens is 901 g/mol. The first-order valence-corrected chi connectivity index (χ1v) is 19.0. The number of carboxylic acid groups (broad SMARTS) is 3. The largest absolute Gasteiger partial charge is 3.00 e. The summed E-state index contributed by atoms with van der Waals surface area (Å²) in [6, 6.07) is 19.2. The van der Waals surface area contributed by atoms with Crippen molar-refractivity contribution in [1.29, 1.82) is 0 Å². The van der Waals surface area contributed by atoms with Gasteiger partial charge in [0.2, 0.25) is 17.1 Å². The van der Waals surface area contributed by atoms with Gasteiger partial charge >= 0.3 is 74.4 Å². The van der Waals surface area contributed by atoms with Crippen molar-refractivity contribution < 1.29 is 103 Å². The van der Waals surface area contributed by atoms with Gasteiger partial charge in [-0.1, -0.05) is 36.4 Å². The predicted octanol–water partition coefficient (Wildman–Crippen LogP) is -0.462. The van der Waals surface area contributed by atoms with Crippen molar-refractivity contribution in [3.05, 3.63) is 85.1 Å². The molecule has 0 bridgehead atoms. The van der Waals surface area contributed by atoms with Crippen LogP contribution in [0.1, 0.15) is 11.1 Å². The van der Waals surface area contributed by atoms with Crippen LogP contribution in [0.15, 0.2) is 66.9 Å². The number of rotatable bonds is 15. The summed E-state index contributed by atoms with van der Waals surface area (Å²) in [6.07, 6.45) is 2.00. The standard InChI is InChI=1S/C40H52BN7O10.Eu/c1-42(37(49)25-44-13-15-45(26-38(50)51)17-19-47(28-40(54)55)20-18-46(16-14-44)27-39(52)53)22-29-11-12-36-32(21-29)31-8-5-4-7-30(31)23-48(36)35-10-6-9-34(41(56)57)33(35)24-43(2)58-3;/h4-12,21,23,56-57H,3,13-20,22,24-28H2,1-2H3,(H,50,51)(H,52,53)(H,54,55);/q;+3. The van der Waals surface area contributed by atoms with Gasteiger partial charge in [-0.2, -0.15) is 4.57 Å². The van der Waals surface area contributed by atoms with E-state index < -0.39 is 25.0 Å². The zero-order valence-corrected chi connectivity index (χ0v) is 35.7. The predicted molar refractivity (Wildman–Crippen MR) is 216 cm³/mol. The fourth-order valence-corrected chi connectivity index (χ4v) is 7.33. The third kappa shape index (κ3) is 13.8. The van der Waals surface area contributed by atoms with E-state index in [0.29, 0.717) is 37.2 Å². The maximum absolute atomic E-state index is 13.9. The van der Waals surface area contributed by atoms with Crippen LogP contribution in [-0.2, 0) is 37.1 Å². The summed E-state index contributed by atoms with van der Waals surface area (Å²) in [4.78, 5) is 62.6. The van der Waals surface area contributed by atoms with E-state index in [1.807, 2.05) is 64.2 Å². The maximum Gasteiger partial charge on any atom is 3.00 e. The van der Waals surface area contributed by atoms with E-state index in [4.69, 9.17) is 4.84 Å². The first-order chi connectivity index (χ1) is 27.7. The van der Waals surface area contributed by atoms with Crippen LogP contribution in [0.5, 0.6) is 0 Å². The molecule has 1 aliphatic heterocycles. The van der Waals surface area contributed by atoms with E-state index in [1.54, 1.807) is 45.8 Å². The average Bonchev–Trinajstić information content (AvgIpc) is 3.17. The van der Waals surface area contributed by atoms with Gasteiger partial charge in [-0.25, -0.2) is 12.2 Å². The molecule has 0 spiro atoms. The Morgan fingerprint density at radius 2 is 1.24 bits per heavy atom. The number of carboxylic acids is 3. The van der Waals surface area contributed by atoms with E-state index in [-0.39, 0.29) is 121 Å². The van der Waals surface area contributed by atoms with E-state index in [2.05, 4.69) is 7.11 Å². The van der Waals surface area contributed by atoms with Crippen LogP contribution in [0.25, 0.3) is 27.4 Å². The molecule has 4 aromatic rings. The fourth-order valence-electron chi connectivity index (χ4n) is 7.33. The molecule has 0 saturated carbocycles. The maximum atomic E-state index is 13.9. The summed E-state index contributed by atoms with van der Waals surface area (Å²) in [5.74, 6) is -3.24. The average molecular weight is 954 g/mol. The molecule has 17 nitrogen and oxygen atoms in total. The Morgan fingerprint density at radius 3 is 1.75 bits per heavy atom. The summed E-state index contributed by atoms with van der Waals surface area (Å²) in [6.45, 7) is 2.19. The molecule has 314 valence electrons. The number of amides is 1. The minimum Gasteiger partial charge on any atom is -0.480 e. The minimum atomic E-state index is -1.72. The van der Waals surface area contributed by atoms with Gasteiger partial charge in [-0.05, 0) is 23.2 Å². The zero-order chi connectivity index (χ0) is 41.9. The number of pyridine rings is 1. The summed E-state index contributed by atoms with van der Waals surface area (Å²) in [7, 11) is 5.19. The Labute approximate surface area is 384 Å². The Bertz CT molecular complexity index is 2060. The van der Waals surface area contributed by atoms with Gasteiger partial charge in [0.15, 0.2) is 6.20 Å². The molecule has 5 N–H and O–H groups in total. The van der Waals surface area contributed by atoms with Crippen molar-refractivity contribution in [2.75, 3.05) is 92.6 Å². The SMILES string of the molecule is [CH2-]ON(C)Cc1c(B(O)O)cccc1-[n+]1cc2ccccc2c2cc(CN(C)C(=O)CN3CCN(CC(=O)O)CCN(CC(=O)O)CCN(CC(=O)O)CC3)ccc21.[Eu+3]. The molecule has 1 saturated heterocycles. The second kappa shape index (κ2) is 22.9. The van der Waals surface area contributed by atoms with Gasteiger partial charge in [0.25, 0.3) is 0 Å². The smallest absolute Gasteiger partial charge is 0.480 e. The van der Waals surface area contributed by atoms with Gasteiger partial charge < -0.3 is 35.1 Å². The summed E-state index contributed by atoms with van der Waals surface area (Å²) >= 11 is 0. The van der Waals surface area contributed by atoms with Gasteiger partial charge in [0.1, 0.15) is 0 Å². The molecule has 59 heavy (non-hydrogen) atoms. The van der Waals surface area contributed by atoms with E-state index in [1.165, 1.54) is 5.06 Å². The number of fused-ring (bicyclic) bond motifs is 3. The first-order valence-electron chi connectivity index (χ1n) is 19.0. The van der Waals surface area contributed by atoms with Crippen molar-refractivity contribution in [2.24, 2.45) is 0 Å². The van der Waals surface area contributed by atoms with Crippen LogP contribution in [-0.4, -0.2) is 178 Å². The molecule has 1 amide bonds. The zero-order valence-electron chi connectivity index (χ0n) is 33.3. The van der Waals surface area contributed by atoms with Crippen LogP contribution < -0.4 is 10.0 Å². The van der Waals surface area contributed by atoms with Crippen LogP contribution in [0, 0.1) is 56.5 Å². The minimum absolute atomic E-state index is 0. The topological polar surface area (TPSA) is 202 Å². The normalized spacial score (nSPS) is 15.4. The fraction of sp³-hybridized carbons (Fsp3) is 0.400. The monoisotopic (exact) mass is 954 g/mol. The number of hydrogen-bond acceptors (Lipinski definition) is 12. The second-order valence-corrected chi connectivity index (χ2v) is 14.6.